The van der Waals surface area contributed by atoms with Crippen LogP contribution in [0.15, 0.2) is 78.4 Å². The van der Waals surface area contributed by atoms with Gasteiger partial charge >= 0.3 is 5.69 Å². The lowest BCUT2D eigenvalue weighted by Crippen LogP contribution is -2.31. The van der Waals surface area contributed by atoms with Crippen molar-refractivity contribution in [1.29, 1.82) is 0 Å². The number of methoxy groups -OCH3 is 1. The number of imidazole rings is 1. The van der Waals surface area contributed by atoms with Crippen LogP contribution < -0.4 is 15.2 Å². The first-order chi connectivity index (χ1) is 17.0. The monoisotopic (exact) mass is 470 g/mol. The average molecular weight is 471 g/mol. The van der Waals surface area contributed by atoms with Crippen molar-refractivity contribution < 1.29 is 14.3 Å². The molecular weight excluding hydrogens is 444 g/mol. The van der Waals surface area contributed by atoms with Crippen molar-refractivity contribution >= 4 is 16.9 Å². The maximum absolute atomic E-state index is 13.6. The number of hydrogen-bond acceptors (Lipinski definition) is 5. The van der Waals surface area contributed by atoms with E-state index >= 15 is 0 Å². The number of rotatable bonds is 6. The molecule has 0 aliphatic carbocycles. The minimum absolute atomic E-state index is 0.117. The molecule has 178 valence electrons. The fourth-order valence-corrected chi connectivity index (χ4v) is 4.71. The lowest BCUT2D eigenvalue weighted by atomic mass is 10.2. The first kappa shape index (κ1) is 22.5. The zero-order chi connectivity index (χ0) is 24.5. The highest BCUT2D eigenvalue weighted by atomic mass is 16.5. The van der Waals surface area contributed by atoms with Gasteiger partial charge in [0.15, 0.2) is 11.5 Å². The third kappa shape index (κ3) is 3.97. The molecule has 1 unspecified atom stereocenters. The molecule has 0 bridgehead atoms. The summed E-state index contributed by atoms with van der Waals surface area (Å²) in [7, 11) is 1.62. The van der Waals surface area contributed by atoms with Crippen molar-refractivity contribution in [1.82, 2.24) is 19.0 Å². The van der Waals surface area contributed by atoms with Crippen molar-refractivity contribution in [2.75, 3.05) is 20.2 Å². The quantitative estimate of drug-likeness (QED) is 0.394. The number of hydrogen-bond donors (Lipinski definition) is 0. The number of fused-ring (bicyclic) bond motifs is 1. The van der Waals surface area contributed by atoms with Crippen LogP contribution >= 0.6 is 0 Å². The minimum Gasteiger partial charge on any atom is -0.493 e. The van der Waals surface area contributed by atoms with E-state index < -0.39 is 0 Å². The molecule has 1 aliphatic heterocycles. The molecule has 1 fully saturated rings. The van der Waals surface area contributed by atoms with E-state index in [0.717, 1.165) is 11.1 Å². The third-order valence-corrected chi connectivity index (χ3v) is 6.39. The number of aryl methyl sites for hydroxylation is 1. The van der Waals surface area contributed by atoms with Crippen LogP contribution in [0.2, 0.25) is 0 Å². The van der Waals surface area contributed by atoms with Crippen LogP contribution in [0.25, 0.3) is 16.7 Å². The van der Waals surface area contributed by atoms with E-state index in [4.69, 9.17) is 9.47 Å². The number of amides is 1. The predicted molar refractivity (Wildman–Crippen MR) is 134 cm³/mol. The molecule has 4 aromatic rings. The fourth-order valence-electron chi connectivity index (χ4n) is 4.71. The molecular formula is C27H26N4O4. The van der Waals surface area contributed by atoms with Gasteiger partial charge in [-0.15, -0.1) is 0 Å². The van der Waals surface area contributed by atoms with E-state index in [0.29, 0.717) is 48.0 Å². The van der Waals surface area contributed by atoms with Crippen LogP contribution in [0.4, 0.5) is 0 Å². The second kappa shape index (κ2) is 9.13. The standard InChI is InChI=1S/C27H26N4O4/c1-4-25(32)29-15-13-20(17-29)31-22-12-14-28-16-23(22)30(27(31)33)19-8-10-21(11-9-19)35-24-7-5-6-18(2)26(24)34-3/h4-12,14,16,20H,1,13,15,17H2,2-3H3. The molecule has 8 nitrogen and oxygen atoms in total. The van der Waals surface area contributed by atoms with Gasteiger partial charge in [0.1, 0.15) is 5.75 Å². The van der Waals surface area contributed by atoms with Crippen molar-refractivity contribution in [3.05, 3.63) is 89.6 Å². The van der Waals surface area contributed by atoms with E-state index in [2.05, 4.69) is 11.6 Å². The highest BCUT2D eigenvalue weighted by Crippen LogP contribution is 2.34. The number of benzene rings is 2. The summed E-state index contributed by atoms with van der Waals surface area (Å²) in [6.45, 7) is 6.59. The van der Waals surface area contributed by atoms with Gasteiger partial charge in [-0.2, -0.15) is 0 Å². The Morgan fingerprint density at radius 2 is 1.94 bits per heavy atom. The van der Waals surface area contributed by atoms with Crippen LogP contribution in [-0.2, 0) is 4.79 Å². The molecule has 0 radical (unpaired) electrons. The Hall–Kier alpha value is -4.33. The average Bonchev–Trinajstić information content (AvgIpc) is 3.46. The Labute approximate surface area is 202 Å². The molecule has 8 heteroatoms. The first-order valence-electron chi connectivity index (χ1n) is 11.4. The highest BCUT2D eigenvalue weighted by Gasteiger charge is 2.30. The minimum atomic E-state index is -0.167. The number of carbonyl (C=O) groups excluding carboxylic acids is 1. The summed E-state index contributed by atoms with van der Waals surface area (Å²) in [5, 5.41) is 0. The molecule has 3 heterocycles. The van der Waals surface area contributed by atoms with Crippen molar-refractivity contribution in [2.45, 2.75) is 19.4 Å². The Morgan fingerprint density at radius 3 is 2.69 bits per heavy atom. The normalized spacial score (nSPS) is 15.4. The fraction of sp³-hybridized carbons (Fsp3) is 0.222. The maximum atomic E-state index is 13.6. The van der Waals surface area contributed by atoms with Crippen LogP contribution in [0.1, 0.15) is 18.0 Å². The number of para-hydroxylation sites is 1. The van der Waals surface area contributed by atoms with Crippen LogP contribution in [0.5, 0.6) is 17.2 Å². The summed E-state index contributed by atoms with van der Waals surface area (Å²) in [4.78, 5) is 31.7. The van der Waals surface area contributed by atoms with Gasteiger partial charge in [-0.25, -0.2) is 4.79 Å². The predicted octanol–water partition coefficient (Wildman–Crippen LogP) is 4.26. The molecule has 2 aromatic carbocycles. The van der Waals surface area contributed by atoms with Gasteiger partial charge in [0.2, 0.25) is 5.91 Å². The SMILES string of the molecule is C=CC(=O)N1CCC(n2c(=O)n(-c3ccc(Oc4cccc(C)c4OC)cc3)c3cnccc32)C1. The largest absolute Gasteiger partial charge is 0.493 e. The third-order valence-electron chi connectivity index (χ3n) is 6.39. The number of aromatic nitrogens is 3. The highest BCUT2D eigenvalue weighted by molar-refractivity contribution is 5.87. The summed E-state index contributed by atoms with van der Waals surface area (Å²) in [5.74, 6) is 1.81. The topological polar surface area (TPSA) is 78.6 Å². The molecule has 0 saturated carbocycles. The summed E-state index contributed by atoms with van der Waals surface area (Å²) in [6, 6.07) is 14.8. The Morgan fingerprint density at radius 1 is 1.14 bits per heavy atom. The van der Waals surface area contributed by atoms with Gasteiger partial charge < -0.3 is 14.4 Å². The number of ether oxygens (including phenoxy) is 2. The van der Waals surface area contributed by atoms with Crippen molar-refractivity contribution in [2.24, 2.45) is 0 Å². The van der Waals surface area contributed by atoms with Crippen LogP contribution in [0, 0.1) is 6.92 Å². The molecule has 1 saturated heterocycles. The molecule has 1 aliphatic rings. The van der Waals surface area contributed by atoms with Gasteiger partial charge in [-0.3, -0.25) is 18.9 Å². The van der Waals surface area contributed by atoms with Gasteiger partial charge in [0.05, 0.1) is 36.1 Å². The van der Waals surface area contributed by atoms with E-state index in [-0.39, 0.29) is 17.6 Å². The Bertz CT molecular complexity index is 1470. The number of nitrogens with zero attached hydrogens (tertiary/aromatic N) is 4. The maximum Gasteiger partial charge on any atom is 0.334 e. The zero-order valence-corrected chi connectivity index (χ0v) is 19.7. The van der Waals surface area contributed by atoms with Crippen LogP contribution in [0.3, 0.4) is 0 Å². The van der Waals surface area contributed by atoms with Gasteiger partial charge in [-0.05, 0) is 61.4 Å². The van der Waals surface area contributed by atoms with E-state index in [1.54, 1.807) is 33.5 Å². The summed E-state index contributed by atoms with van der Waals surface area (Å²) in [6.07, 6.45) is 5.38. The number of carbonyl (C=O) groups is 1. The summed E-state index contributed by atoms with van der Waals surface area (Å²) in [5.41, 5.74) is 3.01. The molecule has 1 amide bonds. The second-order valence-electron chi connectivity index (χ2n) is 8.49. The first-order valence-corrected chi connectivity index (χ1v) is 11.4. The van der Waals surface area contributed by atoms with Gasteiger partial charge in [0.25, 0.3) is 0 Å². The second-order valence-corrected chi connectivity index (χ2v) is 8.49. The number of pyridine rings is 1. The van der Waals surface area contributed by atoms with Gasteiger partial charge in [0, 0.05) is 19.3 Å². The summed E-state index contributed by atoms with van der Waals surface area (Å²) < 4.78 is 14.9. The Balaban J connectivity index is 1.50. The Kier molecular flexibility index (Phi) is 5.86. The molecule has 35 heavy (non-hydrogen) atoms. The number of likely N-dealkylation sites (tertiary alicyclic amines) is 1. The molecule has 2 aromatic heterocycles. The van der Waals surface area contributed by atoms with Crippen molar-refractivity contribution in [3.8, 4) is 22.9 Å². The van der Waals surface area contributed by atoms with Crippen molar-refractivity contribution in [3.63, 3.8) is 0 Å². The lowest BCUT2D eigenvalue weighted by Gasteiger charge is -2.15. The van der Waals surface area contributed by atoms with Crippen LogP contribution in [-0.4, -0.2) is 45.1 Å². The molecule has 1 atom stereocenters. The zero-order valence-electron chi connectivity index (χ0n) is 19.7. The smallest absolute Gasteiger partial charge is 0.334 e. The lowest BCUT2D eigenvalue weighted by molar-refractivity contribution is -0.125. The molecule has 0 N–H and O–H groups in total. The van der Waals surface area contributed by atoms with E-state index in [1.165, 1.54) is 6.08 Å². The summed E-state index contributed by atoms with van der Waals surface area (Å²) >= 11 is 0. The van der Waals surface area contributed by atoms with Gasteiger partial charge in [-0.1, -0.05) is 18.7 Å². The molecule has 5 rings (SSSR count). The molecule has 0 spiro atoms. The van der Waals surface area contributed by atoms with E-state index in [9.17, 15) is 9.59 Å². The van der Waals surface area contributed by atoms with E-state index in [1.807, 2.05) is 55.5 Å².